The highest BCUT2D eigenvalue weighted by Gasteiger charge is 2.46. The topological polar surface area (TPSA) is 183 Å². The summed E-state index contributed by atoms with van der Waals surface area (Å²) >= 11 is 0. The molecule has 60 heavy (non-hydrogen) atoms. The van der Waals surface area contributed by atoms with Crippen molar-refractivity contribution in [3.8, 4) is 0 Å². The molecule has 9 rings (SSSR count). The fourth-order valence-electron chi connectivity index (χ4n) is 9.78. The monoisotopic (exact) mass is 818 g/mol. The molecule has 17 heteroatoms. The number of aromatic nitrogens is 4. The lowest BCUT2D eigenvalue weighted by molar-refractivity contribution is -0.136. The number of ketones is 1. The lowest BCUT2D eigenvalue weighted by atomic mass is 10.00. The number of carbonyl (C=O) groups excluding carboxylic acids is 5. The van der Waals surface area contributed by atoms with Crippen molar-refractivity contribution in [3.63, 3.8) is 0 Å². The number of hydrogen-bond acceptors (Lipinski definition) is 13. The second-order valence-electron chi connectivity index (χ2n) is 16.6. The van der Waals surface area contributed by atoms with Crippen LogP contribution in [0.2, 0.25) is 0 Å². The maximum Gasteiger partial charge on any atom is 0.265 e. The largest absolute Gasteiger partial charge is 0.368 e. The average molecular weight is 819 g/mol. The van der Waals surface area contributed by atoms with Gasteiger partial charge in [0.25, 0.3) is 17.4 Å². The SMILES string of the molecule is CC(=O)c1c(C)c2cnc(Nc3ccc(N4CCN(C5CCN(Cc6ccc7c(c6F)C(=O)N(C6CCC(=O)NC6=O)C7=O)CC5)CC4)cn3)nc2n(C2CCCC2)c1=O. The van der Waals surface area contributed by atoms with Crippen LogP contribution in [0.3, 0.4) is 0 Å². The lowest BCUT2D eigenvalue weighted by Crippen LogP contribution is -2.54. The van der Waals surface area contributed by atoms with Gasteiger partial charge in [0, 0.05) is 68.4 Å². The Morgan fingerprint density at radius 3 is 2.30 bits per heavy atom. The molecule has 4 amide bonds. The van der Waals surface area contributed by atoms with E-state index in [0.717, 1.165) is 88.4 Å². The molecule has 1 saturated carbocycles. The first-order valence-corrected chi connectivity index (χ1v) is 20.9. The number of likely N-dealkylation sites (tertiary alicyclic amines) is 1. The summed E-state index contributed by atoms with van der Waals surface area (Å²) in [4.78, 5) is 98.2. The van der Waals surface area contributed by atoms with Gasteiger partial charge in [-0.05, 0) is 82.8 Å². The Morgan fingerprint density at radius 1 is 0.867 bits per heavy atom. The van der Waals surface area contributed by atoms with Crippen LogP contribution in [0.25, 0.3) is 11.0 Å². The Balaban J connectivity index is 0.785. The van der Waals surface area contributed by atoms with Gasteiger partial charge in [-0.1, -0.05) is 18.9 Å². The highest BCUT2D eigenvalue weighted by molar-refractivity contribution is 6.23. The fourth-order valence-corrected chi connectivity index (χ4v) is 9.78. The van der Waals surface area contributed by atoms with Crippen molar-refractivity contribution >= 4 is 57.9 Å². The molecule has 1 aliphatic carbocycles. The lowest BCUT2D eigenvalue weighted by Gasteiger charge is -2.43. The van der Waals surface area contributed by atoms with Crippen LogP contribution in [0, 0.1) is 12.7 Å². The molecule has 4 aliphatic heterocycles. The molecule has 1 aromatic carbocycles. The maximum absolute atomic E-state index is 15.9. The number of imide groups is 2. The van der Waals surface area contributed by atoms with Crippen molar-refractivity contribution in [2.75, 3.05) is 49.5 Å². The maximum atomic E-state index is 15.9. The summed E-state index contributed by atoms with van der Waals surface area (Å²) in [5.74, 6) is -2.84. The summed E-state index contributed by atoms with van der Waals surface area (Å²) in [6, 6.07) is 6.18. The van der Waals surface area contributed by atoms with Crippen molar-refractivity contribution in [2.24, 2.45) is 0 Å². The van der Waals surface area contributed by atoms with Gasteiger partial charge in [-0.2, -0.15) is 4.98 Å². The molecular weight excluding hydrogens is 772 g/mol. The molecule has 312 valence electrons. The first kappa shape index (κ1) is 39.5. The van der Waals surface area contributed by atoms with Gasteiger partial charge >= 0.3 is 0 Å². The van der Waals surface area contributed by atoms with Crippen LogP contribution in [0.4, 0.5) is 21.8 Å². The van der Waals surface area contributed by atoms with Crippen LogP contribution < -0.4 is 21.1 Å². The summed E-state index contributed by atoms with van der Waals surface area (Å²) < 4.78 is 17.6. The van der Waals surface area contributed by atoms with E-state index in [2.05, 4.69) is 35.3 Å². The number of piperazine rings is 1. The second-order valence-corrected chi connectivity index (χ2v) is 16.6. The molecule has 1 atom stereocenters. The molecule has 5 aliphatic rings. The number of hydrogen-bond donors (Lipinski definition) is 2. The fraction of sp³-hybridized carbons (Fsp3) is 0.465. The van der Waals surface area contributed by atoms with Gasteiger partial charge in [0.15, 0.2) is 5.78 Å². The van der Waals surface area contributed by atoms with Gasteiger partial charge in [0.05, 0.1) is 28.6 Å². The van der Waals surface area contributed by atoms with Crippen LogP contribution >= 0.6 is 0 Å². The molecule has 0 bridgehead atoms. The third-order valence-corrected chi connectivity index (χ3v) is 13.0. The van der Waals surface area contributed by atoms with Crippen LogP contribution in [0.1, 0.15) is 107 Å². The number of halogens is 1. The van der Waals surface area contributed by atoms with Crippen molar-refractivity contribution in [2.45, 2.75) is 89.9 Å². The molecule has 4 aromatic rings. The molecule has 3 saturated heterocycles. The number of nitrogens with zero attached hydrogens (tertiary/aromatic N) is 8. The number of nitrogens with one attached hydrogen (secondary N) is 2. The first-order chi connectivity index (χ1) is 29.0. The highest BCUT2D eigenvalue weighted by Crippen LogP contribution is 2.34. The van der Waals surface area contributed by atoms with Crippen molar-refractivity contribution < 1.29 is 28.4 Å². The smallest absolute Gasteiger partial charge is 0.265 e. The number of pyridine rings is 2. The van der Waals surface area contributed by atoms with Gasteiger partial charge in [0.2, 0.25) is 17.8 Å². The van der Waals surface area contributed by atoms with Crippen molar-refractivity contribution in [1.29, 1.82) is 0 Å². The van der Waals surface area contributed by atoms with E-state index in [9.17, 15) is 28.8 Å². The quantitative estimate of drug-likeness (QED) is 0.184. The number of Topliss-reactive ketones (excluding diaryl/α,β-unsaturated/α-hetero) is 1. The minimum Gasteiger partial charge on any atom is -0.368 e. The molecule has 4 fully saturated rings. The zero-order chi connectivity index (χ0) is 41.8. The average Bonchev–Trinajstić information content (AvgIpc) is 3.86. The predicted octanol–water partition coefficient (Wildman–Crippen LogP) is 3.88. The third kappa shape index (κ3) is 7.12. The summed E-state index contributed by atoms with van der Waals surface area (Å²) in [5.41, 5.74) is 2.02. The number of anilines is 3. The van der Waals surface area contributed by atoms with E-state index in [1.165, 1.54) is 13.0 Å². The summed E-state index contributed by atoms with van der Waals surface area (Å²) in [6.45, 7) is 8.48. The number of carbonyl (C=O) groups is 5. The van der Waals surface area contributed by atoms with Crippen LogP contribution in [-0.2, 0) is 16.1 Å². The van der Waals surface area contributed by atoms with Crippen LogP contribution in [0.5, 0.6) is 0 Å². The Kier molecular flexibility index (Phi) is 10.5. The van der Waals surface area contributed by atoms with Gasteiger partial charge in [-0.15, -0.1) is 0 Å². The minimum absolute atomic E-state index is 0.00233. The predicted molar refractivity (Wildman–Crippen MR) is 219 cm³/mol. The van der Waals surface area contributed by atoms with Crippen LogP contribution in [0.15, 0.2) is 41.5 Å². The number of benzene rings is 1. The number of amides is 4. The standard InChI is InChI=1S/C43H47FN10O6/c1-24-31-22-46-43(49-38(31)53(28-5-3-4-6-28)41(59)35(24)25(2)55)47-33-11-8-29(21-45-33)52-19-17-51(18-20-52)27-13-15-50(16-14-27)23-26-7-9-30-36(37(26)44)42(60)54(40(30)58)32-10-12-34(56)48-39(32)57/h7-9,11,21-22,27-28,32H,3-6,10,12-20,23H2,1-2H3,(H,48,56,57)(H,45,46,47,49). The Hall–Kier alpha value is -5.94. The Bertz CT molecular complexity index is 2490. The van der Waals surface area contributed by atoms with Crippen LogP contribution in [-0.4, -0.2) is 115 Å². The molecule has 7 heterocycles. The molecule has 1 unspecified atom stereocenters. The molecule has 2 N–H and O–H groups in total. The zero-order valence-electron chi connectivity index (χ0n) is 33.7. The van der Waals surface area contributed by atoms with Gasteiger partial charge < -0.3 is 10.2 Å². The van der Waals surface area contributed by atoms with E-state index >= 15 is 4.39 Å². The summed E-state index contributed by atoms with van der Waals surface area (Å²) in [6.07, 6.45) is 9.15. The van der Waals surface area contributed by atoms with E-state index in [-0.39, 0.29) is 46.9 Å². The summed E-state index contributed by atoms with van der Waals surface area (Å²) in [5, 5.41) is 6.06. The van der Waals surface area contributed by atoms with E-state index in [0.29, 0.717) is 46.5 Å². The van der Waals surface area contributed by atoms with Gasteiger partial charge in [-0.25, -0.2) is 14.4 Å². The molecule has 3 aromatic heterocycles. The van der Waals surface area contributed by atoms with Gasteiger partial charge in [0.1, 0.15) is 23.3 Å². The Labute approximate surface area is 345 Å². The molecular formula is C43H47FN10O6. The zero-order valence-corrected chi connectivity index (χ0v) is 33.7. The summed E-state index contributed by atoms with van der Waals surface area (Å²) in [7, 11) is 0. The Morgan fingerprint density at radius 2 is 1.62 bits per heavy atom. The number of fused-ring (bicyclic) bond motifs is 2. The van der Waals surface area contributed by atoms with Crippen molar-refractivity contribution in [3.05, 3.63) is 80.6 Å². The molecule has 0 radical (unpaired) electrons. The van der Waals surface area contributed by atoms with E-state index in [1.54, 1.807) is 23.8 Å². The number of rotatable bonds is 9. The number of aryl methyl sites for hydroxylation is 1. The van der Waals surface area contributed by atoms with E-state index < -0.39 is 35.5 Å². The van der Waals surface area contributed by atoms with E-state index in [4.69, 9.17) is 4.98 Å². The normalized spacial score (nSPS) is 20.9. The van der Waals surface area contributed by atoms with Crippen molar-refractivity contribution in [1.82, 2.24) is 39.5 Å². The highest BCUT2D eigenvalue weighted by atomic mass is 19.1. The minimum atomic E-state index is -1.14. The molecule has 16 nitrogen and oxygen atoms in total. The van der Waals surface area contributed by atoms with Gasteiger partial charge in [-0.3, -0.25) is 53.4 Å². The molecule has 0 spiro atoms. The third-order valence-electron chi connectivity index (χ3n) is 13.0. The first-order valence-electron chi connectivity index (χ1n) is 20.9. The van der Waals surface area contributed by atoms with E-state index in [1.807, 2.05) is 18.3 Å². The second kappa shape index (κ2) is 15.9. The number of piperidine rings is 2.